The van der Waals surface area contributed by atoms with Gasteiger partial charge in [-0.15, -0.1) is 0 Å². The lowest BCUT2D eigenvalue weighted by atomic mass is 10.1. The topological polar surface area (TPSA) is 54.3 Å². The van der Waals surface area contributed by atoms with E-state index in [-0.39, 0.29) is 16.4 Å². The average Bonchev–Trinajstić information content (AvgIpc) is 3.00. The Morgan fingerprint density at radius 2 is 1.68 bits per heavy atom. The van der Waals surface area contributed by atoms with Crippen LogP contribution in [0, 0.1) is 19.7 Å². The third-order valence-corrected chi connectivity index (χ3v) is 5.66. The van der Waals surface area contributed by atoms with E-state index >= 15 is 0 Å². The molecule has 1 aliphatic rings. The van der Waals surface area contributed by atoms with Crippen LogP contribution in [0.1, 0.15) is 17.0 Å². The zero-order chi connectivity index (χ0) is 22.3. The van der Waals surface area contributed by atoms with Gasteiger partial charge in [-0.25, -0.2) is 9.29 Å². The second-order valence-electron chi connectivity index (χ2n) is 7.02. The Balaban J connectivity index is 1.80. The van der Waals surface area contributed by atoms with Crippen LogP contribution in [0.15, 0.2) is 60.2 Å². The van der Waals surface area contributed by atoms with Crippen molar-refractivity contribution in [1.29, 1.82) is 0 Å². The number of hydrogen-bond donors (Lipinski definition) is 1. The van der Waals surface area contributed by atoms with Crippen molar-refractivity contribution < 1.29 is 14.0 Å². The highest BCUT2D eigenvalue weighted by molar-refractivity contribution is 7.80. The molecule has 0 bridgehead atoms. The quantitative estimate of drug-likeness (QED) is 0.355. The second-order valence-corrected chi connectivity index (χ2v) is 7.82. The van der Waals surface area contributed by atoms with E-state index in [0.29, 0.717) is 10.6 Å². The first kappa shape index (κ1) is 21.0. The van der Waals surface area contributed by atoms with Crippen LogP contribution < -0.4 is 10.2 Å². The first-order valence-electron chi connectivity index (χ1n) is 9.39. The van der Waals surface area contributed by atoms with Gasteiger partial charge in [0.15, 0.2) is 5.11 Å². The molecule has 2 heterocycles. The lowest BCUT2D eigenvalue weighted by Gasteiger charge is -2.29. The van der Waals surface area contributed by atoms with Gasteiger partial charge < -0.3 is 4.57 Å². The van der Waals surface area contributed by atoms with Crippen LogP contribution in [-0.4, -0.2) is 21.5 Å². The normalized spacial score (nSPS) is 15.5. The van der Waals surface area contributed by atoms with Crippen molar-refractivity contribution in [3.63, 3.8) is 0 Å². The summed E-state index contributed by atoms with van der Waals surface area (Å²) in [6, 6.07) is 15.0. The monoisotopic (exact) mass is 453 g/mol. The van der Waals surface area contributed by atoms with Crippen molar-refractivity contribution in [3.05, 3.63) is 88.0 Å². The second kappa shape index (κ2) is 8.09. The maximum Gasteiger partial charge on any atom is 0.270 e. The number of halogens is 2. The van der Waals surface area contributed by atoms with Gasteiger partial charge in [0.25, 0.3) is 11.8 Å². The highest BCUT2D eigenvalue weighted by atomic mass is 35.5. The molecule has 156 valence electrons. The number of nitrogens with one attached hydrogen (secondary N) is 1. The van der Waals surface area contributed by atoms with Gasteiger partial charge in [-0.3, -0.25) is 14.9 Å². The molecule has 1 aromatic heterocycles. The van der Waals surface area contributed by atoms with Crippen molar-refractivity contribution in [2.75, 3.05) is 4.90 Å². The summed E-state index contributed by atoms with van der Waals surface area (Å²) < 4.78 is 16.3. The molecule has 0 aliphatic carbocycles. The number of hydrogen-bond acceptors (Lipinski definition) is 3. The first-order valence-corrected chi connectivity index (χ1v) is 10.2. The van der Waals surface area contributed by atoms with Crippen LogP contribution in [0.3, 0.4) is 0 Å². The molecule has 0 spiro atoms. The maximum atomic E-state index is 14.3. The van der Waals surface area contributed by atoms with Crippen molar-refractivity contribution >= 4 is 52.5 Å². The molecule has 5 nitrogen and oxygen atoms in total. The van der Waals surface area contributed by atoms with Gasteiger partial charge in [0.2, 0.25) is 0 Å². The molecule has 1 saturated heterocycles. The standard InChI is InChI=1S/C23H17ClFN3O2S/c1-13-11-15(14(2)27(13)19-9-5-3-7-17(19)24)12-16-21(29)26-23(31)28(22(16)30)20-10-6-4-8-18(20)25/h3-12H,1-2H3,(H,26,29,31)/b16-12+. The minimum atomic E-state index is -0.693. The van der Waals surface area contributed by atoms with E-state index in [4.69, 9.17) is 23.8 Å². The zero-order valence-corrected chi connectivity index (χ0v) is 18.2. The Hall–Kier alpha value is -3.29. The molecule has 0 radical (unpaired) electrons. The minimum Gasteiger partial charge on any atom is -0.316 e. The van der Waals surface area contributed by atoms with E-state index in [0.717, 1.165) is 22.0 Å². The smallest absolute Gasteiger partial charge is 0.270 e. The van der Waals surface area contributed by atoms with Crippen LogP contribution in [0.4, 0.5) is 10.1 Å². The zero-order valence-electron chi connectivity index (χ0n) is 16.6. The Morgan fingerprint density at radius 1 is 1.03 bits per heavy atom. The Labute approximate surface area is 188 Å². The van der Waals surface area contributed by atoms with Crippen LogP contribution in [0.25, 0.3) is 11.8 Å². The van der Waals surface area contributed by atoms with Gasteiger partial charge >= 0.3 is 0 Å². The summed E-state index contributed by atoms with van der Waals surface area (Å²) in [5.41, 5.74) is 2.96. The largest absolute Gasteiger partial charge is 0.316 e. The summed E-state index contributed by atoms with van der Waals surface area (Å²) in [6.45, 7) is 3.77. The fourth-order valence-corrected chi connectivity index (χ4v) is 4.10. The van der Waals surface area contributed by atoms with E-state index in [1.807, 2.05) is 42.7 Å². The minimum absolute atomic E-state index is 0.0232. The van der Waals surface area contributed by atoms with Crippen LogP contribution >= 0.6 is 23.8 Å². The molecule has 1 fully saturated rings. The lowest BCUT2D eigenvalue weighted by molar-refractivity contribution is -0.122. The van der Waals surface area contributed by atoms with Gasteiger partial charge in [-0.1, -0.05) is 35.9 Å². The van der Waals surface area contributed by atoms with Gasteiger partial charge in [0.1, 0.15) is 11.4 Å². The first-order chi connectivity index (χ1) is 14.8. The van der Waals surface area contributed by atoms with Crippen LogP contribution in [-0.2, 0) is 9.59 Å². The van der Waals surface area contributed by atoms with E-state index < -0.39 is 17.6 Å². The molecule has 2 amide bonds. The van der Waals surface area contributed by atoms with Gasteiger partial charge in [-0.05, 0) is 68.0 Å². The lowest BCUT2D eigenvalue weighted by Crippen LogP contribution is -2.54. The Bertz CT molecular complexity index is 1280. The number of benzene rings is 2. The van der Waals surface area contributed by atoms with Crippen molar-refractivity contribution in [3.8, 4) is 5.69 Å². The molecule has 8 heteroatoms. The molecule has 1 aliphatic heterocycles. The van der Waals surface area contributed by atoms with Crippen LogP contribution in [0.5, 0.6) is 0 Å². The number of carbonyl (C=O) groups is 2. The Kier molecular flexibility index (Phi) is 5.47. The third-order valence-electron chi connectivity index (χ3n) is 5.06. The highest BCUT2D eigenvalue weighted by Gasteiger charge is 2.35. The Morgan fingerprint density at radius 3 is 2.35 bits per heavy atom. The average molecular weight is 454 g/mol. The molecule has 3 aromatic rings. The predicted molar refractivity (Wildman–Crippen MR) is 123 cm³/mol. The van der Waals surface area contributed by atoms with Crippen LogP contribution in [0.2, 0.25) is 5.02 Å². The third kappa shape index (κ3) is 3.66. The summed E-state index contributed by atoms with van der Waals surface area (Å²) in [6.07, 6.45) is 1.49. The number of aryl methyl sites for hydroxylation is 1. The molecule has 0 unspecified atom stereocenters. The van der Waals surface area contributed by atoms with Gasteiger partial charge in [0.05, 0.1) is 16.4 Å². The number of carbonyl (C=O) groups excluding carboxylic acids is 2. The molecule has 31 heavy (non-hydrogen) atoms. The molecular formula is C23H17ClFN3O2S. The SMILES string of the molecule is Cc1cc(/C=C2\C(=O)NC(=S)N(c3ccccc3F)C2=O)c(C)n1-c1ccccc1Cl. The molecule has 0 saturated carbocycles. The summed E-state index contributed by atoms with van der Waals surface area (Å²) in [5.74, 6) is -1.95. The number of aromatic nitrogens is 1. The van der Waals surface area contributed by atoms with E-state index in [2.05, 4.69) is 5.32 Å². The number of thiocarbonyl (C=S) groups is 1. The van der Waals surface area contributed by atoms with Crippen molar-refractivity contribution in [1.82, 2.24) is 9.88 Å². The van der Waals surface area contributed by atoms with Gasteiger partial charge in [-0.2, -0.15) is 0 Å². The summed E-state index contributed by atoms with van der Waals surface area (Å²) in [4.78, 5) is 26.7. The summed E-state index contributed by atoms with van der Waals surface area (Å²) in [7, 11) is 0. The predicted octanol–water partition coefficient (Wildman–Crippen LogP) is 4.72. The molecule has 1 N–H and O–H groups in total. The molecule has 2 aromatic carbocycles. The summed E-state index contributed by atoms with van der Waals surface area (Å²) in [5, 5.41) is 2.88. The number of nitrogens with zero attached hydrogens (tertiary/aromatic N) is 2. The number of rotatable bonds is 3. The van der Waals surface area contributed by atoms with E-state index in [1.165, 1.54) is 24.3 Å². The highest BCUT2D eigenvalue weighted by Crippen LogP contribution is 2.29. The van der Waals surface area contributed by atoms with Crippen molar-refractivity contribution in [2.45, 2.75) is 13.8 Å². The fourth-order valence-electron chi connectivity index (χ4n) is 3.60. The fraction of sp³-hybridized carbons (Fsp3) is 0.0870. The molecule has 0 atom stereocenters. The molecule has 4 rings (SSSR count). The number of para-hydroxylation sites is 2. The van der Waals surface area contributed by atoms with Crippen molar-refractivity contribution in [2.24, 2.45) is 0 Å². The molecular weight excluding hydrogens is 437 g/mol. The summed E-state index contributed by atoms with van der Waals surface area (Å²) >= 11 is 11.5. The number of anilines is 1. The number of amides is 2. The van der Waals surface area contributed by atoms with E-state index in [9.17, 15) is 14.0 Å². The van der Waals surface area contributed by atoms with E-state index in [1.54, 1.807) is 12.1 Å². The maximum absolute atomic E-state index is 14.3. The van der Waals surface area contributed by atoms with Gasteiger partial charge in [0, 0.05) is 11.4 Å².